The summed E-state index contributed by atoms with van der Waals surface area (Å²) in [5.74, 6) is 0.0206. The Morgan fingerprint density at radius 3 is 2.86 bits per heavy atom. The van der Waals surface area contributed by atoms with Gasteiger partial charge >= 0.3 is 5.97 Å². The molecular formula is C10H20N2O2. The van der Waals surface area contributed by atoms with Gasteiger partial charge in [-0.2, -0.15) is 0 Å². The van der Waals surface area contributed by atoms with Gasteiger partial charge in [-0.15, -0.1) is 0 Å². The molecule has 0 radical (unpaired) electrons. The lowest BCUT2D eigenvalue weighted by atomic mass is 10.1. The highest BCUT2D eigenvalue weighted by molar-refractivity contribution is 5.68. The van der Waals surface area contributed by atoms with Gasteiger partial charge in [0.15, 0.2) is 0 Å². The number of carbonyl (C=O) groups is 1. The average molecular weight is 200 g/mol. The number of likely N-dealkylation sites (tertiary alicyclic amines) is 1. The standard InChI is InChI=1S/C10H20N2O2/c1-11-5-3-9(7-11)4-6-12(2)8-10(13)14/h9H,3-8H2,1-2H3,(H,13,14). The van der Waals surface area contributed by atoms with Crippen molar-refractivity contribution in [3.8, 4) is 0 Å². The van der Waals surface area contributed by atoms with Gasteiger partial charge in [0, 0.05) is 6.54 Å². The van der Waals surface area contributed by atoms with Crippen LogP contribution in [0.5, 0.6) is 0 Å². The van der Waals surface area contributed by atoms with Crippen LogP contribution in [0.25, 0.3) is 0 Å². The van der Waals surface area contributed by atoms with Gasteiger partial charge in [0.1, 0.15) is 0 Å². The number of nitrogens with zero attached hydrogens (tertiary/aromatic N) is 2. The van der Waals surface area contributed by atoms with Gasteiger partial charge in [-0.1, -0.05) is 0 Å². The molecule has 0 bridgehead atoms. The minimum atomic E-state index is -0.740. The van der Waals surface area contributed by atoms with Crippen LogP contribution >= 0.6 is 0 Å². The van der Waals surface area contributed by atoms with Crippen molar-refractivity contribution < 1.29 is 9.90 Å². The Hall–Kier alpha value is -0.610. The third-order valence-corrected chi connectivity index (χ3v) is 2.81. The average Bonchev–Trinajstić information content (AvgIpc) is 2.47. The third-order valence-electron chi connectivity index (χ3n) is 2.81. The number of hydrogen-bond donors (Lipinski definition) is 1. The van der Waals surface area contributed by atoms with Crippen molar-refractivity contribution in [1.29, 1.82) is 0 Å². The smallest absolute Gasteiger partial charge is 0.317 e. The van der Waals surface area contributed by atoms with Crippen molar-refractivity contribution in [2.75, 3.05) is 40.3 Å². The summed E-state index contributed by atoms with van der Waals surface area (Å²) in [6, 6.07) is 0. The predicted molar refractivity (Wildman–Crippen MR) is 55.4 cm³/mol. The Labute approximate surface area is 85.5 Å². The Balaban J connectivity index is 2.11. The molecule has 0 saturated carbocycles. The number of hydrogen-bond acceptors (Lipinski definition) is 3. The van der Waals surface area contributed by atoms with E-state index in [1.165, 1.54) is 19.5 Å². The molecule has 1 aliphatic rings. The second-order valence-electron chi connectivity index (χ2n) is 4.34. The van der Waals surface area contributed by atoms with Crippen LogP contribution in [0.4, 0.5) is 0 Å². The molecule has 0 aromatic heterocycles. The van der Waals surface area contributed by atoms with Crippen molar-refractivity contribution in [3.63, 3.8) is 0 Å². The number of carboxylic acids is 1. The molecule has 1 saturated heterocycles. The van der Waals surface area contributed by atoms with Gasteiger partial charge in [0.05, 0.1) is 6.54 Å². The van der Waals surface area contributed by atoms with Gasteiger partial charge in [0.25, 0.3) is 0 Å². The van der Waals surface area contributed by atoms with Crippen LogP contribution in [0, 0.1) is 5.92 Å². The van der Waals surface area contributed by atoms with Crippen LogP contribution < -0.4 is 0 Å². The molecule has 4 heteroatoms. The summed E-state index contributed by atoms with van der Waals surface area (Å²) in [4.78, 5) is 14.6. The molecule has 0 aliphatic carbocycles. The number of likely N-dealkylation sites (N-methyl/N-ethyl adjacent to an activating group) is 1. The van der Waals surface area contributed by atoms with E-state index in [1.54, 1.807) is 0 Å². The zero-order valence-corrected chi connectivity index (χ0v) is 9.07. The molecule has 0 spiro atoms. The Kier molecular flexibility index (Phi) is 4.35. The quantitative estimate of drug-likeness (QED) is 0.695. The first-order valence-electron chi connectivity index (χ1n) is 5.17. The van der Waals surface area contributed by atoms with Crippen molar-refractivity contribution in [1.82, 2.24) is 9.80 Å². The molecule has 1 aliphatic heterocycles. The highest BCUT2D eigenvalue weighted by atomic mass is 16.4. The second kappa shape index (κ2) is 5.32. The Bertz CT molecular complexity index is 197. The number of aliphatic carboxylic acids is 1. The first kappa shape index (κ1) is 11.5. The topological polar surface area (TPSA) is 43.8 Å². The lowest BCUT2D eigenvalue weighted by Gasteiger charge is -2.16. The van der Waals surface area contributed by atoms with Crippen LogP contribution in [0.1, 0.15) is 12.8 Å². The minimum absolute atomic E-state index is 0.155. The van der Waals surface area contributed by atoms with Crippen molar-refractivity contribution in [2.45, 2.75) is 12.8 Å². The van der Waals surface area contributed by atoms with Crippen molar-refractivity contribution >= 4 is 5.97 Å². The summed E-state index contributed by atoms with van der Waals surface area (Å²) in [5, 5.41) is 8.57. The molecule has 82 valence electrons. The Morgan fingerprint density at radius 1 is 1.64 bits per heavy atom. The van der Waals surface area contributed by atoms with E-state index in [0.717, 1.165) is 18.9 Å². The molecular weight excluding hydrogens is 180 g/mol. The molecule has 14 heavy (non-hydrogen) atoms. The van der Waals surface area contributed by atoms with E-state index in [0.29, 0.717) is 0 Å². The summed E-state index contributed by atoms with van der Waals surface area (Å²) in [6.07, 6.45) is 2.38. The van der Waals surface area contributed by atoms with E-state index >= 15 is 0 Å². The monoisotopic (exact) mass is 200 g/mol. The molecule has 1 unspecified atom stereocenters. The van der Waals surface area contributed by atoms with Crippen molar-refractivity contribution in [2.24, 2.45) is 5.92 Å². The zero-order chi connectivity index (χ0) is 10.6. The van der Waals surface area contributed by atoms with E-state index < -0.39 is 5.97 Å². The van der Waals surface area contributed by atoms with Crippen LogP contribution in [-0.2, 0) is 4.79 Å². The maximum absolute atomic E-state index is 10.4. The molecule has 0 aromatic rings. The fourth-order valence-electron chi connectivity index (χ4n) is 1.97. The highest BCUT2D eigenvalue weighted by Crippen LogP contribution is 2.17. The molecule has 0 aromatic carbocycles. The summed E-state index contributed by atoms with van der Waals surface area (Å²) in [6.45, 7) is 3.40. The zero-order valence-electron chi connectivity index (χ0n) is 9.07. The number of carboxylic acid groups (broad SMARTS) is 1. The maximum atomic E-state index is 10.4. The fraction of sp³-hybridized carbons (Fsp3) is 0.900. The molecule has 1 heterocycles. The molecule has 1 N–H and O–H groups in total. The lowest BCUT2D eigenvalue weighted by molar-refractivity contribution is -0.138. The van der Waals surface area contributed by atoms with Crippen molar-refractivity contribution in [3.05, 3.63) is 0 Å². The highest BCUT2D eigenvalue weighted by Gasteiger charge is 2.19. The number of rotatable bonds is 5. The molecule has 4 nitrogen and oxygen atoms in total. The summed E-state index contributed by atoms with van der Waals surface area (Å²) >= 11 is 0. The largest absolute Gasteiger partial charge is 0.480 e. The SMILES string of the molecule is CN(CCC1CCN(C)C1)CC(=O)O. The van der Waals surface area contributed by atoms with E-state index in [4.69, 9.17) is 5.11 Å². The van der Waals surface area contributed by atoms with Crippen LogP contribution in [0.3, 0.4) is 0 Å². The molecule has 1 fully saturated rings. The first-order chi connectivity index (χ1) is 6.58. The lowest BCUT2D eigenvalue weighted by Crippen LogP contribution is -2.28. The van der Waals surface area contributed by atoms with E-state index in [9.17, 15) is 4.79 Å². The van der Waals surface area contributed by atoms with Gasteiger partial charge in [0.2, 0.25) is 0 Å². The minimum Gasteiger partial charge on any atom is -0.480 e. The van der Waals surface area contributed by atoms with Gasteiger partial charge in [-0.3, -0.25) is 9.69 Å². The predicted octanol–water partition coefficient (Wildman–Crippen LogP) is 0.345. The summed E-state index contributed by atoms with van der Waals surface area (Å²) in [7, 11) is 4.01. The first-order valence-corrected chi connectivity index (χ1v) is 5.17. The van der Waals surface area contributed by atoms with E-state index in [2.05, 4.69) is 11.9 Å². The molecule has 1 atom stereocenters. The fourth-order valence-corrected chi connectivity index (χ4v) is 1.97. The molecule has 1 rings (SSSR count). The van der Waals surface area contributed by atoms with E-state index in [-0.39, 0.29) is 6.54 Å². The van der Waals surface area contributed by atoms with Crippen LogP contribution in [-0.4, -0.2) is 61.2 Å². The third kappa shape index (κ3) is 4.07. The van der Waals surface area contributed by atoms with Crippen LogP contribution in [0.2, 0.25) is 0 Å². The van der Waals surface area contributed by atoms with E-state index in [1.807, 2.05) is 11.9 Å². The summed E-state index contributed by atoms with van der Waals surface area (Å²) < 4.78 is 0. The van der Waals surface area contributed by atoms with Gasteiger partial charge in [-0.05, 0) is 45.9 Å². The van der Waals surface area contributed by atoms with Gasteiger partial charge < -0.3 is 10.0 Å². The Morgan fingerprint density at radius 2 is 2.36 bits per heavy atom. The van der Waals surface area contributed by atoms with Gasteiger partial charge in [-0.25, -0.2) is 0 Å². The second-order valence-corrected chi connectivity index (χ2v) is 4.34. The molecule has 0 amide bonds. The van der Waals surface area contributed by atoms with Crippen LogP contribution in [0.15, 0.2) is 0 Å². The summed E-state index contributed by atoms with van der Waals surface area (Å²) in [5.41, 5.74) is 0. The normalized spacial score (nSPS) is 23.2. The maximum Gasteiger partial charge on any atom is 0.317 e.